The fraction of sp³-hybridized carbons (Fsp3) is 0.194. The molecule has 0 saturated carbocycles. The molecule has 208 valence electrons. The lowest BCUT2D eigenvalue weighted by Crippen LogP contribution is -2.39. The smallest absolute Gasteiger partial charge is 0.338 e. The first-order valence-electron chi connectivity index (χ1n) is 13.0. The molecule has 10 heteroatoms. The largest absolute Gasteiger partial charge is 0.489 e. The van der Waals surface area contributed by atoms with Crippen LogP contribution < -0.4 is 19.6 Å². The lowest BCUT2D eigenvalue weighted by atomic mass is 9.95. The Morgan fingerprint density at radius 3 is 2.51 bits per heavy atom. The van der Waals surface area contributed by atoms with Crippen LogP contribution >= 0.6 is 11.3 Å². The van der Waals surface area contributed by atoms with Crippen molar-refractivity contribution in [2.75, 3.05) is 6.61 Å². The van der Waals surface area contributed by atoms with Crippen molar-refractivity contribution in [3.63, 3.8) is 0 Å². The first-order valence-corrected chi connectivity index (χ1v) is 13.8. The first-order chi connectivity index (χ1) is 19.7. The Balaban J connectivity index is 1.49. The third-order valence-electron chi connectivity index (χ3n) is 6.62. The summed E-state index contributed by atoms with van der Waals surface area (Å²) in [6.45, 7) is 5.93. The van der Waals surface area contributed by atoms with Gasteiger partial charge in [-0.1, -0.05) is 53.3 Å². The Hall–Kier alpha value is -4.83. The number of non-ortho nitro benzene ring substituents is 1. The van der Waals surface area contributed by atoms with Crippen molar-refractivity contribution in [2.45, 2.75) is 33.4 Å². The number of fused-ring (bicyclic) bond motifs is 1. The Bertz CT molecular complexity index is 1840. The molecule has 1 aromatic heterocycles. The summed E-state index contributed by atoms with van der Waals surface area (Å²) in [5, 5.41) is 10.9. The third kappa shape index (κ3) is 5.87. The highest BCUT2D eigenvalue weighted by Gasteiger charge is 2.33. The van der Waals surface area contributed by atoms with Gasteiger partial charge in [0.25, 0.3) is 11.2 Å². The quantitative estimate of drug-likeness (QED) is 0.174. The van der Waals surface area contributed by atoms with Crippen LogP contribution in [0.15, 0.2) is 93.9 Å². The highest BCUT2D eigenvalue weighted by molar-refractivity contribution is 7.07. The third-order valence-corrected chi connectivity index (χ3v) is 7.60. The summed E-state index contributed by atoms with van der Waals surface area (Å²) in [4.78, 5) is 42.4. The van der Waals surface area contributed by atoms with E-state index < -0.39 is 16.9 Å². The Morgan fingerprint density at radius 2 is 1.83 bits per heavy atom. The minimum Gasteiger partial charge on any atom is -0.489 e. The van der Waals surface area contributed by atoms with Gasteiger partial charge in [0.05, 0.1) is 33.4 Å². The van der Waals surface area contributed by atoms with E-state index >= 15 is 0 Å². The second-order valence-corrected chi connectivity index (χ2v) is 10.5. The van der Waals surface area contributed by atoms with Crippen LogP contribution in [0.1, 0.15) is 42.1 Å². The molecule has 3 aromatic carbocycles. The number of nitro benzene ring substituents is 1. The average molecular weight is 570 g/mol. The Labute approximate surface area is 239 Å². The summed E-state index contributed by atoms with van der Waals surface area (Å²) in [5.41, 5.74) is 4.03. The monoisotopic (exact) mass is 569 g/mol. The number of esters is 1. The summed E-state index contributed by atoms with van der Waals surface area (Å²) in [6, 6.07) is 20.6. The number of benzene rings is 3. The molecule has 9 nitrogen and oxygen atoms in total. The number of aromatic nitrogens is 1. The molecule has 4 aromatic rings. The summed E-state index contributed by atoms with van der Waals surface area (Å²) in [6.07, 6.45) is 1.78. The maximum absolute atomic E-state index is 13.8. The molecule has 1 aliphatic heterocycles. The standard InChI is InChI=1S/C31H27N3O6S/c1-4-39-30(36)27-20(3)32-31-33(28(27)23-12-8-19(2)9-13-23)29(35)26(41-31)17-22-6-5-7-25(16-22)40-18-21-10-14-24(15-11-21)34(37)38/h5-17,28H,4,18H2,1-3H3/b26-17-/t28-/m0/s1. The number of thiazole rings is 1. The fourth-order valence-electron chi connectivity index (χ4n) is 4.58. The van der Waals surface area contributed by atoms with Crippen LogP contribution in [0, 0.1) is 17.0 Å². The predicted octanol–water partition coefficient (Wildman–Crippen LogP) is 4.59. The molecule has 0 unspecified atom stereocenters. The topological polar surface area (TPSA) is 113 Å². The lowest BCUT2D eigenvalue weighted by molar-refractivity contribution is -0.384. The molecule has 0 bridgehead atoms. The molecule has 1 aliphatic rings. The van der Waals surface area contributed by atoms with E-state index in [1.165, 1.54) is 23.5 Å². The Morgan fingerprint density at radius 1 is 1.10 bits per heavy atom. The van der Waals surface area contributed by atoms with Gasteiger partial charge in [-0.25, -0.2) is 9.79 Å². The van der Waals surface area contributed by atoms with E-state index in [2.05, 4.69) is 4.99 Å². The van der Waals surface area contributed by atoms with Crippen molar-refractivity contribution in [1.82, 2.24) is 4.57 Å². The summed E-state index contributed by atoms with van der Waals surface area (Å²) in [5.74, 6) is 0.0920. The maximum atomic E-state index is 13.8. The van der Waals surface area contributed by atoms with E-state index in [9.17, 15) is 19.7 Å². The zero-order chi connectivity index (χ0) is 29.1. The predicted molar refractivity (Wildman–Crippen MR) is 155 cm³/mol. The second-order valence-electron chi connectivity index (χ2n) is 9.50. The SMILES string of the molecule is CCOC(=O)C1=C(C)N=c2s/c(=C\c3cccc(OCc4ccc([N+](=O)[O-])cc4)c3)c(=O)n2[C@H]1c1ccc(C)cc1. The van der Waals surface area contributed by atoms with E-state index in [4.69, 9.17) is 9.47 Å². The van der Waals surface area contributed by atoms with Crippen molar-refractivity contribution in [3.8, 4) is 5.75 Å². The first kappa shape index (κ1) is 27.7. The number of allylic oxidation sites excluding steroid dienone is 1. The number of rotatable bonds is 8. The number of hydrogen-bond donors (Lipinski definition) is 0. The van der Waals surface area contributed by atoms with Crippen LogP contribution in [0.25, 0.3) is 6.08 Å². The molecule has 2 heterocycles. The highest BCUT2D eigenvalue weighted by Crippen LogP contribution is 2.31. The second kappa shape index (κ2) is 11.7. The van der Waals surface area contributed by atoms with Crippen LogP contribution in [0.5, 0.6) is 5.75 Å². The van der Waals surface area contributed by atoms with E-state index in [1.54, 1.807) is 42.7 Å². The van der Waals surface area contributed by atoms with Gasteiger partial charge in [0, 0.05) is 12.1 Å². The number of nitro groups is 1. The van der Waals surface area contributed by atoms with Gasteiger partial charge in [-0.2, -0.15) is 0 Å². The van der Waals surface area contributed by atoms with Crippen LogP contribution in [0.2, 0.25) is 0 Å². The van der Waals surface area contributed by atoms with Crippen LogP contribution in [-0.2, 0) is 16.1 Å². The lowest BCUT2D eigenvalue weighted by Gasteiger charge is -2.24. The molecule has 0 saturated heterocycles. The number of ether oxygens (including phenoxy) is 2. The molecule has 0 spiro atoms. The van der Waals surface area contributed by atoms with Crippen LogP contribution in [0.3, 0.4) is 0 Å². The normalized spacial score (nSPS) is 14.8. The van der Waals surface area contributed by atoms with Crippen molar-refractivity contribution in [1.29, 1.82) is 0 Å². The molecule has 0 radical (unpaired) electrons. The Kier molecular flexibility index (Phi) is 7.93. The summed E-state index contributed by atoms with van der Waals surface area (Å²) < 4.78 is 13.3. The number of nitrogens with zero attached hydrogens (tertiary/aromatic N) is 3. The van der Waals surface area contributed by atoms with Crippen molar-refractivity contribution < 1.29 is 19.2 Å². The molecule has 0 fully saturated rings. The fourth-order valence-corrected chi connectivity index (χ4v) is 5.63. The van der Waals surface area contributed by atoms with E-state index in [-0.39, 0.29) is 24.5 Å². The molecule has 0 aliphatic carbocycles. The summed E-state index contributed by atoms with van der Waals surface area (Å²) >= 11 is 1.26. The maximum Gasteiger partial charge on any atom is 0.338 e. The van der Waals surface area contributed by atoms with E-state index in [0.717, 1.165) is 22.3 Å². The molecular weight excluding hydrogens is 542 g/mol. The molecule has 1 atom stereocenters. The molecule has 5 rings (SSSR count). The van der Waals surface area contributed by atoms with E-state index in [1.807, 2.05) is 49.4 Å². The molecule has 0 amide bonds. The number of hydrogen-bond acceptors (Lipinski definition) is 8. The minimum absolute atomic E-state index is 0.0198. The zero-order valence-corrected chi connectivity index (χ0v) is 23.5. The minimum atomic E-state index is -0.663. The van der Waals surface area contributed by atoms with Crippen molar-refractivity contribution >= 4 is 29.1 Å². The zero-order valence-electron chi connectivity index (χ0n) is 22.7. The number of aryl methyl sites for hydroxylation is 1. The average Bonchev–Trinajstić information content (AvgIpc) is 3.26. The van der Waals surface area contributed by atoms with Gasteiger partial charge in [-0.3, -0.25) is 19.5 Å². The van der Waals surface area contributed by atoms with Gasteiger partial charge in [0.15, 0.2) is 4.80 Å². The molecule has 41 heavy (non-hydrogen) atoms. The van der Waals surface area contributed by atoms with E-state index in [0.29, 0.717) is 26.4 Å². The van der Waals surface area contributed by atoms with Crippen molar-refractivity contribution in [3.05, 3.63) is 136 Å². The highest BCUT2D eigenvalue weighted by atomic mass is 32.1. The van der Waals surface area contributed by atoms with Crippen LogP contribution in [0.4, 0.5) is 5.69 Å². The van der Waals surface area contributed by atoms with Gasteiger partial charge in [0.1, 0.15) is 12.4 Å². The van der Waals surface area contributed by atoms with Crippen LogP contribution in [-0.4, -0.2) is 22.1 Å². The van der Waals surface area contributed by atoms with Gasteiger partial charge in [-0.05, 0) is 67.8 Å². The van der Waals surface area contributed by atoms with Gasteiger partial charge >= 0.3 is 5.97 Å². The van der Waals surface area contributed by atoms with Gasteiger partial charge in [-0.15, -0.1) is 0 Å². The summed E-state index contributed by atoms with van der Waals surface area (Å²) in [7, 11) is 0. The molecule has 0 N–H and O–H groups in total. The van der Waals surface area contributed by atoms with Gasteiger partial charge < -0.3 is 9.47 Å². The number of carbonyl (C=O) groups excluding carboxylic acids is 1. The molecular formula is C31H27N3O6S. The van der Waals surface area contributed by atoms with Crippen molar-refractivity contribution in [2.24, 2.45) is 4.99 Å². The van der Waals surface area contributed by atoms with Gasteiger partial charge in [0.2, 0.25) is 0 Å². The number of carbonyl (C=O) groups is 1.